The quantitative estimate of drug-likeness (QED) is 0.750. The summed E-state index contributed by atoms with van der Waals surface area (Å²) in [5, 5.41) is 9.33. The number of benzene rings is 1. The summed E-state index contributed by atoms with van der Waals surface area (Å²) >= 11 is 0. The minimum atomic E-state index is 0.0127. The summed E-state index contributed by atoms with van der Waals surface area (Å²) in [6, 6.07) is 4.03. The van der Waals surface area contributed by atoms with Crippen molar-refractivity contribution >= 4 is 0 Å². The van der Waals surface area contributed by atoms with Crippen molar-refractivity contribution in [2.75, 3.05) is 6.61 Å². The molecule has 2 nitrogen and oxygen atoms in total. The number of ether oxygens (including phenoxy) is 1. The van der Waals surface area contributed by atoms with Gasteiger partial charge in [-0.25, -0.2) is 0 Å². The summed E-state index contributed by atoms with van der Waals surface area (Å²) in [6.07, 6.45) is 2.60. The van der Waals surface area contributed by atoms with E-state index in [0.29, 0.717) is 6.61 Å². The lowest BCUT2D eigenvalue weighted by Gasteiger charge is -2.13. The first-order valence-electron chi connectivity index (χ1n) is 5.19. The number of aliphatic hydroxyl groups excluding tert-OH is 1. The Morgan fingerprint density at radius 3 is 2.73 bits per heavy atom. The van der Waals surface area contributed by atoms with Crippen molar-refractivity contribution in [2.24, 2.45) is 0 Å². The first kappa shape index (κ1) is 11.8. The van der Waals surface area contributed by atoms with Crippen LogP contribution in [0.4, 0.5) is 0 Å². The molecule has 0 aliphatic rings. The van der Waals surface area contributed by atoms with Gasteiger partial charge in [-0.1, -0.05) is 12.1 Å². The molecule has 0 amide bonds. The van der Waals surface area contributed by atoms with E-state index in [0.717, 1.165) is 28.9 Å². The van der Waals surface area contributed by atoms with Crippen LogP contribution in [-0.4, -0.2) is 11.7 Å². The Bertz CT molecular complexity index is 343. The maximum atomic E-state index is 9.33. The molecule has 1 aromatic rings. The Balaban J connectivity index is 3.18. The number of hydrogen-bond donors (Lipinski definition) is 1. The highest BCUT2D eigenvalue weighted by Crippen LogP contribution is 2.25. The average molecular weight is 206 g/mol. The van der Waals surface area contributed by atoms with Crippen molar-refractivity contribution in [1.29, 1.82) is 0 Å². The van der Waals surface area contributed by atoms with Gasteiger partial charge < -0.3 is 9.84 Å². The van der Waals surface area contributed by atoms with Crippen LogP contribution in [0.2, 0.25) is 0 Å². The maximum absolute atomic E-state index is 9.33. The molecule has 0 aliphatic carbocycles. The fourth-order valence-corrected chi connectivity index (χ4v) is 1.66. The van der Waals surface area contributed by atoms with E-state index in [4.69, 9.17) is 4.74 Å². The summed E-state index contributed by atoms with van der Waals surface area (Å²) in [6.45, 7) is 8.31. The lowest BCUT2D eigenvalue weighted by molar-refractivity contribution is 0.266. The normalized spacial score (nSPS) is 10.1. The minimum absolute atomic E-state index is 0.0127. The van der Waals surface area contributed by atoms with Crippen LogP contribution in [0.25, 0.3) is 0 Å². The Labute approximate surface area is 91.2 Å². The Hall–Kier alpha value is -1.28. The van der Waals surface area contributed by atoms with E-state index in [9.17, 15) is 5.11 Å². The molecule has 0 fully saturated rings. The number of aryl methyl sites for hydroxylation is 1. The van der Waals surface area contributed by atoms with E-state index < -0.39 is 0 Å². The van der Waals surface area contributed by atoms with Gasteiger partial charge in [0.05, 0.1) is 13.2 Å². The van der Waals surface area contributed by atoms with Crippen LogP contribution in [0.3, 0.4) is 0 Å². The van der Waals surface area contributed by atoms with Crippen LogP contribution in [0.5, 0.6) is 5.75 Å². The number of aliphatic hydroxyl groups is 1. The zero-order valence-electron chi connectivity index (χ0n) is 9.42. The lowest BCUT2D eigenvalue weighted by Crippen LogP contribution is -2.01. The van der Waals surface area contributed by atoms with Crippen LogP contribution >= 0.6 is 0 Å². The molecule has 0 aliphatic heterocycles. The molecule has 0 saturated carbocycles. The topological polar surface area (TPSA) is 29.5 Å². The van der Waals surface area contributed by atoms with Gasteiger partial charge in [0.1, 0.15) is 5.75 Å². The van der Waals surface area contributed by atoms with Gasteiger partial charge in [-0.3, -0.25) is 0 Å². The molecular formula is C13H18O2. The third-order valence-electron chi connectivity index (χ3n) is 2.27. The van der Waals surface area contributed by atoms with Crippen molar-refractivity contribution in [3.05, 3.63) is 41.5 Å². The van der Waals surface area contributed by atoms with E-state index in [-0.39, 0.29) is 6.61 Å². The highest BCUT2D eigenvalue weighted by Gasteiger charge is 2.08. The predicted molar refractivity (Wildman–Crippen MR) is 62.2 cm³/mol. The molecule has 0 aromatic heterocycles. The molecule has 0 saturated heterocycles. The molecule has 0 spiro atoms. The molecule has 0 unspecified atom stereocenters. The van der Waals surface area contributed by atoms with E-state index in [2.05, 4.69) is 12.6 Å². The third-order valence-corrected chi connectivity index (χ3v) is 2.27. The monoisotopic (exact) mass is 206 g/mol. The summed E-state index contributed by atoms with van der Waals surface area (Å²) in [7, 11) is 0. The molecule has 0 heterocycles. The van der Waals surface area contributed by atoms with E-state index in [1.165, 1.54) is 0 Å². The second kappa shape index (κ2) is 5.56. The maximum Gasteiger partial charge on any atom is 0.125 e. The molecule has 1 rings (SSSR count). The summed E-state index contributed by atoms with van der Waals surface area (Å²) in [5.74, 6) is 0.789. The van der Waals surface area contributed by atoms with Gasteiger partial charge in [0, 0.05) is 5.56 Å². The zero-order valence-corrected chi connectivity index (χ0v) is 9.42. The Morgan fingerprint density at radius 2 is 2.20 bits per heavy atom. The molecule has 1 N–H and O–H groups in total. The second-order valence-corrected chi connectivity index (χ2v) is 3.48. The SMILES string of the molecule is C=CCc1cc(C)cc(OCC)c1CO. The van der Waals surface area contributed by atoms with Gasteiger partial charge >= 0.3 is 0 Å². The van der Waals surface area contributed by atoms with Crippen LogP contribution < -0.4 is 4.74 Å². The number of hydrogen-bond acceptors (Lipinski definition) is 2. The molecular weight excluding hydrogens is 188 g/mol. The van der Waals surface area contributed by atoms with Crippen LogP contribution in [0, 0.1) is 6.92 Å². The van der Waals surface area contributed by atoms with Crippen molar-refractivity contribution < 1.29 is 9.84 Å². The largest absolute Gasteiger partial charge is 0.493 e. The van der Waals surface area contributed by atoms with Crippen LogP contribution in [-0.2, 0) is 13.0 Å². The van der Waals surface area contributed by atoms with E-state index >= 15 is 0 Å². The molecule has 1 aromatic carbocycles. The Morgan fingerprint density at radius 1 is 1.47 bits per heavy atom. The standard InChI is InChI=1S/C13H18O2/c1-4-6-11-7-10(3)8-13(15-5-2)12(11)9-14/h4,7-8,14H,1,5-6,9H2,2-3H3. The fraction of sp³-hybridized carbons (Fsp3) is 0.385. The van der Waals surface area contributed by atoms with Gasteiger partial charge in [-0.05, 0) is 37.5 Å². The third kappa shape index (κ3) is 2.83. The molecule has 0 atom stereocenters. The number of rotatable bonds is 5. The fourth-order valence-electron chi connectivity index (χ4n) is 1.66. The highest BCUT2D eigenvalue weighted by molar-refractivity contribution is 5.44. The second-order valence-electron chi connectivity index (χ2n) is 3.48. The molecule has 82 valence electrons. The molecule has 15 heavy (non-hydrogen) atoms. The van der Waals surface area contributed by atoms with Crippen molar-refractivity contribution in [1.82, 2.24) is 0 Å². The summed E-state index contributed by atoms with van der Waals surface area (Å²) < 4.78 is 5.50. The average Bonchev–Trinajstić information content (AvgIpc) is 2.18. The van der Waals surface area contributed by atoms with Crippen molar-refractivity contribution in [3.8, 4) is 5.75 Å². The van der Waals surface area contributed by atoms with Gasteiger partial charge in [-0.2, -0.15) is 0 Å². The first-order chi connectivity index (χ1) is 7.22. The lowest BCUT2D eigenvalue weighted by atomic mass is 10.0. The molecule has 2 heteroatoms. The van der Waals surface area contributed by atoms with Crippen LogP contribution in [0.1, 0.15) is 23.6 Å². The highest BCUT2D eigenvalue weighted by atomic mass is 16.5. The molecule has 0 radical (unpaired) electrons. The summed E-state index contributed by atoms with van der Waals surface area (Å²) in [5.41, 5.74) is 3.12. The first-order valence-corrected chi connectivity index (χ1v) is 5.19. The molecule has 0 bridgehead atoms. The minimum Gasteiger partial charge on any atom is -0.493 e. The van der Waals surface area contributed by atoms with Gasteiger partial charge in [0.2, 0.25) is 0 Å². The van der Waals surface area contributed by atoms with Crippen LogP contribution in [0.15, 0.2) is 24.8 Å². The van der Waals surface area contributed by atoms with E-state index in [1.807, 2.05) is 26.0 Å². The predicted octanol–water partition coefficient (Wildman–Crippen LogP) is 2.61. The van der Waals surface area contributed by atoms with Crippen molar-refractivity contribution in [2.45, 2.75) is 26.9 Å². The Kier molecular flexibility index (Phi) is 4.37. The smallest absolute Gasteiger partial charge is 0.125 e. The number of allylic oxidation sites excluding steroid dienone is 1. The zero-order chi connectivity index (χ0) is 11.3. The summed E-state index contributed by atoms with van der Waals surface area (Å²) in [4.78, 5) is 0. The van der Waals surface area contributed by atoms with E-state index in [1.54, 1.807) is 0 Å². The van der Waals surface area contributed by atoms with Gasteiger partial charge in [-0.15, -0.1) is 6.58 Å². The van der Waals surface area contributed by atoms with Gasteiger partial charge in [0.25, 0.3) is 0 Å². The van der Waals surface area contributed by atoms with Gasteiger partial charge in [0.15, 0.2) is 0 Å². The van der Waals surface area contributed by atoms with Crippen molar-refractivity contribution in [3.63, 3.8) is 0 Å².